The van der Waals surface area contributed by atoms with Gasteiger partial charge in [0.05, 0.1) is 12.6 Å². The van der Waals surface area contributed by atoms with Crippen molar-refractivity contribution in [1.82, 2.24) is 10.6 Å². The van der Waals surface area contributed by atoms with Gasteiger partial charge >= 0.3 is 0 Å². The molecule has 0 bridgehead atoms. The van der Waals surface area contributed by atoms with Gasteiger partial charge < -0.3 is 10.4 Å². The standard InChI is InChI=1S/C12H16N2O2S/c15-6-10-4-2-1-3-9(10)5-13-12(16)11-7-17-8-14-11/h1-4,11,14-15H,5-8H2,(H,13,16). The molecular formula is C12H16N2O2S. The van der Waals surface area contributed by atoms with Crippen molar-refractivity contribution in [2.45, 2.75) is 19.2 Å². The number of thioether (sulfide) groups is 1. The lowest BCUT2D eigenvalue weighted by molar-refractivity contribution is -0.122. The highest BCUT2D eigenvalue weighted by Crippen LogP contribution is 2.11. The first-order valence-corrected chi connectivity index (χ1v) is 6.73. The largest absolute Gasteiger partial charge is 0.392 e. The van der Waals surface area contributed by atoms with Crippen molar-refractivity contribution in [3.8, 4) is 0 Å². The highest BCUT2D eigenvalue weighted by atomic mass is 32.2. The van der Waals surface area contributed by atoms with Crippen LogP contribution in [0.25, 0.3) is 0 Å². The van der Waals surface area contributed by atoms with E-state index in [1.807, 2.05) is 24.3 Å². The van der Waals surface area contributed by atoms with Crippen LogP contribution in [0.4, 0.5) is 0 Å². The number of carbonyl (C=O) groups is 1. The molecule has 1 aliphatic rings. The van der Waals surface area contributed by atoms with Crippen molar-refractivity contribution >= 4 is 17.7 Å². The number of hydrogen-bond acceptors (Lipinski definition) is 4. The molecule has 1 aliphatic heterocycles. The molecule has 1 unspecified atom stereocenters. The van der Waals surface area contributed by atoms with Gasteiger partial charge in [-0.1, -0.05) is 24.3 Å². The minimum absolute atomic E-state index is 0.00355. The van der Waals surface area contributed by atoms with Crippen LogP contribution in [-0.4, -0.2) is 28.7 Å². The molecule has 2 rings (SSSR count). The Labute approximate surface area is 105 Å². The first kappa shape index (κ1) is 12.4. The second-order valence-corrected chi connectivity index (χ2v) is 4.95. The van der Waals surface area contributed by atoms with Gasteiger partial charge in [-0.15, -0.1) is 11.8 Å². The number of aliphatic hydroxyl groups is 1. The zero-order valence-corrected chi connectivity index (χ0v) is 10.3. The molecule has 0 aromatic heterocycles. The van der Waals surface area contributed by atoms with Crippen molar-refractivity contribution in [2.75, 3.05) is 11.6 Å². The van der Waals surface area contributed by atoms with Crippen molar-refractivity contribution in [3.05, 3.63) is 35.4 Å². The van der Waals surface area contributed by atoms with Crippen LogP contribution < -0.4 is 10.6 Å². The summed E-state index contributed by atoms with van der Waals surface area (Å²) in [6.45, 7) is 0.474. The molecule has 0 radical (unpaired) electrons. The van der Waals surface area contributed by atoms with Crippen molar-refractivity contribution in [2.24, 2.45) is 0 Å². The molecule has 1 amide bonds. The van der Waals surface area contributed by atoms with Crippen LogP contribution in [0, 0.1) is 0 Å². The van der Waals surface area contributed by atoms with E-state index in [9.17, 15) is 4.79 Å². The van der Waals surface area contributed by atoms with Crippen LogP contribution in [0.3, 0.4) is 0 Å². The van der Waals surface area contributed by atoms with E-state index in [1.54, 1.807) is 11.8 Å². The van der Waals surface area contributed by atoms with E-state index in [0.717, 1.165) is 22.8 Å². The van der Waals surface area contributed by atoms with Gasteiger partial charge in [0, 0.05) is 18.2 Å². The normalized spacial score (nSPS) is 19.2. The van der Waals surface area contributed by atoms with Crippen LogP contribution in [0.2, 0.25) is 0 Å². The topological polar surface area (TPSA) is 61.4 Å². The maximum Gasteiger partial charge on any atom is 0.238 e. The summed E-state index contributed by atoms with van der Waals surface area (Å²) in [5, 5.41) is 15.2. The predicted molar refractivity (Wildman–Crippen MR) is 68.5 cm³/mol. The fourth-order valence-corrected chi connectivity index (χ4v) is 2.70. The number of nitrogens with one attached hydrogen (secondary N) is 2. The lowest BCUT2D eigenvalue weighted by atomic mass is 10.1. The van der Waals surface area contributed by atoms with Gasteiger partial charge in [-0.2, -0.15) is 0 Å². The second kappa shape index (κ2) is 6.05. The van der Waals surface area contributed by atoms with Gasteiger partial charge in [0.25, 0.3) is 0 Å². The molecular weight excluding hydrogens is 236 g/mol. The van der Waals surface area contributed by atoms with Crippen molar-refractivity contribution in [3.63, 3.8) is 0 Å². The average molecular weight is 252 g/mol. The maximum atomic E-state index is 11.8. The molecule has 5 heteroatoms. The molecule has 92 valence electrons. The number of carbonyl (C=O) groups excluding carboxylic acids is 1. The number of benzene rings is 1. The van der Waals surface area contributed by atoms with E-state index < -0.39 is 0 Å². The van der Waals surface area contributed by atoms with Gasteiger partial charge in [0.1, 0.15) is 0 Å². The van der Waals surface area contributed by atoms with Gasteiger partial charge in [0.2, 0.25) is 5.91 Å². The quantitative estimate of drug-likeness (QED) is 0.728. The summed E-state index contributed by atoms with van der Waals surface area (Å²) in [4.78, 5) is 11.8. The fraction of sp³-hybridized carbons (Fsp3) is 0.417. The minimum atomic E-state index is -0.0821. The van der Waals surface area contributed by atoms with E-state index in [-0.39, 0.29) is 18.6 Å². The van der Waals surface area contributed by atoms with E-state index >= 15 is 0 Å². The van der Waals surface area contributed by atoms with Gasteiger partial charge in [-0.25, -0.2) is 0 Å². The van der Waals surface area contributed by atoms with Crippen LogP contribution in [0.15, 0.2) is 24.3 Å². The Hall–Kier alpha value is -1.04. The van der Waals surface area contributed by atoms with E-state index in [2.05, 4.69) is 10.6 Å². The summed E-state index contributed by atoms with van der Waals surface area (Å²) in [5.41, 5.74) is 1.83. The number of aliphatic hydroxyl groups excluding tert-OH is 1. The Morgan fingerprint density at radius 1 is 1.47 bits per heavy atom. The zero-order chi connectivity index (χ0) is 12.1. The van der Waals surface area contributed by atoms with Crippen molar-refractivity contribution in [1.29, 1.82) is 0 Å². The minimum Gasteiger partial charge on any atom is -0.392 e. The zero-order valence-electron chi connectivity index (χ0n) is 9.48. The van der Waals surface area contributed by atoms with E-state index in [0.29, 0.717) is 6.54 Å². The first-order valence-electron chi connectivity index (χ1n) is 5.57. The Balaban J connectivity index is 1.90. The van der Waals surface area contributed by atoms with Crippen LogP contribution in [-0.2, 0) is 17.9 Å². The summed E-state index contributed by atoms with van der Waals surface area (Å²) in [6.07, 6.45) is 0. The summed E-state index contributed by atoms with van der Waals surface area (Å²) in [7, 11) is 0. The maximum absolute atomic E-state index is 11.8. The highest BCUT2D eigenvalue weighted by molar-refractivity contribution is 7.99. The molecule has 1 heterocycles. The lowest BCUT2D eigenvalue weighted by Crippen LogP contribution is -2.41. The molecule has 1 fully saturated rings. The second-order valence-electron chi connectivity index (χ2n) is 3.92. The van der Waals surface area contributed by atoms with E-state index in [4.69, 9.17) is 5.11 Å². The van der Waals surface area contributed by atoms with Crippen molar-refractivity contribution < 1.29 is 9.90 Å². The van der Waals surface area contributed by atoms with Gasteiger partial charge in [-0.3, -0.25) is 10.1 Å². The summed E-state index contributed by atoms with van der Waals surface area (Å²) < 4.78 is 0. The van der Waals surface area contributed by atoms with Gasteiger partial charge in [-0.05, 0) is 11.1 Å². The van der Waals surface area contributed by atoms with Crippen LogP contribution in [0.1, 0.15) is 11.1 Å². The van der Waals surface area contributed by atoms with E-state index in [1.165, 1.54) is 0 Å². The lowest BCUT2D eigenvalue weighted by Gasteiger charge is -2.12. The Morgan fingerprint density at radius 2 is 2.24 bits per heavy atom. The summed E-state index contributed by atoms with van der Waals surface area (Å²) in [5.74, 6) is 1.70. The Morgan fingerprint density at radius 3 is 2.88 bits per heavy atom. The molecule has 4 nitrogen and oxygen atoms in total. The number of rotatable bonds is 4. The average Bonchev–Trinajstić information content (AvgIpc) is 2.90. The third-order valence-electron chi connectivity index (χ3n) is 2.77. The number of amides is 1. The Kier molecular flexibility index (Phi) is 4.42. The smallest absolute Gasteiger partial charge is 0.238 e. The summed E-state index contributed by atoms with van der Waals surface area (Å²) in [6, 6.07) is 7.49. The molecule has 0 spiro atoms. The molecule has 3 N–H and O–H groups in total. The fourth-order valence-electron chi connectivity index (χ4n) is 1.75. The predicted octanol–water partition coefficient (Wildman–Crippen LogP) is 0.458. The molecule has 0 saturated carbocycles. The van der Waals surface area contributed by atoms with Crippen LogP contribution >= 0.6 is 11.8 Å². The molecule has 0 aliphatic carbocycles. The molecule has 17 heavy (non-hydrogen) atoms. The first-order chi connectivity index (χ1) is 8.31. The molecule has 1 atom stereocenters. The third-order valence-corrected chi connectivity index (χ3v) is 3.71. The molecule has 1 saturated heterocycles. The molecule has 1 aromatic carbocycles. The summed E-state index contributed by atoms with van der Waals surface area (Å²) >= 11 is 1.73. The highest BCUT2D eigenvalue weighted by Gasteiger charge is 2.21. The van der Waals surface area contributed by atoms with Crippen LogP contribution in [0.5, 0.6) is 0 Å². The van der Waals surface area contributed by atoms with Gasteiger partial charge in [0.15, 0.2) is 0 Å². The Bertz CT molecular complexity index is 392. The SMILES string of the molecule is O=C(NCc1ccccc1CO)C1CSCN1. The monoisotopic (exact) mass is 252 g/mol. The third kappa shape index (κ3) is 3.21. The molecule has 1 aromatic rings. The number of hydrogen-bond donors (Lipinski definition) is 3.